The molecule has 3 atom stereocenters. The van der Waals surface area contributed by atoms with E-state index >= 15 is 0 Å². The lowest BCUT2D eigenvalue weighted by molar-refractivity contribution is 0.441. The van der Waals surface area contributed by atoms with Crippen LogP contribution >= 0.6 is 11.8 Å². The molecule has 1 aliphatic rings. The maximum atomic E-state index is 13.1. The molecule has 1 aromatic rings. The molecule has 0 saturated heterocycles. The summed E-state index contributed by atoms with van der Waals surface area (Å²) in [4.78, 5) is 0.822. The predicted molar refractivity (Wildman–Crippen MR) is 71.9 cm³/mol. The normalized spacial score (nSPS) is 27.7. The molecule has 100 valence electrons. The monoisotopic (exact) mass is 271 g/mol. The zero-order chi connectivity index (χ0) is 13.1. The molecule has 1 aliphatic carbocycles. The molecule has 3 unspecified atom stereocenters. The smallest absolute Gasteiger partial charge is 0.159 e. The second-order valence-electron chi connectivity index (χ2n) is 4.83. The Hall–Kier alpha value is -0.610. The Morgan fingerprint density at radius 1 is 1.28 bits per heavy atom. The molecule has 0 radical (unpaired) electrons. The predicted octanol–water partition coefficient (Wildman–Crippen LogP) is 3.83. The topological polar surface area (TPSA) is 12.0 Å². The Balaban J connectivity index is 1.99. The first-order chi connectivity index (χ1) is 8.61. The van der Waals surface area contributed by atoms with Crippen molar-refractivity contribution in [3.8, 4) is 0 Å². The van der Waals surface area contributed by atoms with Crippen molar-refractivity contribution in [3.63, 3.8) is 0 Å². The van der Waals surface area contributed by atoms with Gasteiger partial charge in [-0.15, -0.1) is 11.8 Å². The molecule has 1 fully saturated rings. The van der Waals surface area contributed by atoms with Gasteiger partial charge in [-0.2, -0.15) is 0 Å². The first-order valence-electron chi connectivity index (χ1n) is 6.47. The third-order valence-corrected chi connectivity index (χ3v) is 5.12. The second kappa shape index (κ2) is 6.02. The molecule has 2 rings (SSSR count). The first kappa shape index (κ1) is 13.8. The lowest BCUT2D eigenvalue weighted by Gasteiger charge is -2.21. The number of thioether (sulfide) groups is 1. The van der Waals surface area contributed by atoms with E-state index in [1.807, 2.05) is 0 Å². The lowest BCUT2D eigenvalue weighted by atomic mass is 10.1. The molecule has 0 bridgehead atoms. The molecule has 1 saturated carbocycles. The van der Waals surface area contributed by atoms with Crippen LogP contribution in [-0.2, 0) is 0 Å². The van der Waals surface area contributed by atoms with E-state index in [-0.39, 0.29) is 0 Å². The molecule has 1 N–H and O–H groups in total. The van der Waals surface area contributed by atoms with Crippen LogP contribution < -0.4 is 5.32 Å². The van der Waals surface area contributed by atoms with Crippen LogP contribution in [0.4, 0.5) is 8.78 Å². The van der Waals surface area contributed by atoms with E-state index in [0.717, 1.165) is 24.3 Å². The molecule has 0 aliphatic heterocycles. The molecular formula is C14H19F2NS. The molecule has 4 heteroatoms. The number of benzene rings is 1. The minimum absolute atomic E-state index is 0.485. The molecule has 0 heterocycles. The SMILES string of the molecule is CCNC1CCC(Sc2ccc(F)c(F)c2)C1C. The average Bonchev–Trinajstić information content (AvgIpc) is 2.67. The third kappa shape index (κ3) is 3.04. The summed E-state index contributed by atoms with van der Waals surface area (Å²) in [6.45, 7) is 5.33. The summed E-state index contributed by atoms with van der Waals surface area (Å²) in [5.41, 5.74) is 0. The van der Waals surface area contributed by atoms with Crippen LogP contribution in [0.15, 0.2) is 23.1 Å². The van der Waals surface area contributed by atoms with Crippen molar-refractivity contribution >= 4 is 11.8 Å². The minimum atomic E-state index is -0.774. The van der Waals surface area contributed by atoms with Crippen LogP contribution in [0, 0.1) is 17.6 Å². The number of rotatable bonds is 4. The van der Waals surface area contributed by atoms with E-state index in [4.69, 9.17) is 0 Å². The van der Waals surface area contributed by atoms with Gasteiger partial charge in [-0.1, -0.05) is 13.8 Å². The minimum Gasteiger partial charge on any atom is -0.314 e. The van der Waals surface area contributed by atoms with Crippen LogP contribution in [0.5, 0.6) is 0 Å². The van der Waals surface area contributed by atoms with Gasteiger partial charge in [0.1, 0.15) is 0 Å². The van der Waals surface area contributed by atoms with Gasteiger partial charge in [0.05, 0.1) is 0 Å². The van der Waals surface area contributed by atoms with Crippen LogP contribution in [-0.4, -0.2) is 17.8 Å². The Morgan fingerprint density at radius 2 is 2.06 bits per heavy atom. The number of hydrogen-bond acceptors (Lipinski definition) is 2. The quantitative estimate of drug-likeness (QED) is 0.893. The molecule has 0 aromatic heterocycles. The van der Waals surface area contributed by atoms with Gasteiger partial charge in [0.2, 0.25) is 0 Å². The second-order valence-corrected chi connectivity index (χ2v) is 6.15. The van der Waals surface area contributed by atoms with Gasteiger partial charge in [-0.3, -0.25) is 0 Å². The number of hydrogen-bond donors (Lipinski definition) is 1. The summed E-state index contributed by atoms with van der Waals surface area (Å²) in [5, 5.41) is 3.97. The molecule has 1 nitrogen and oxygen atoms in total. The van der Waals surface area contributed by atoms with Gasteiger partial charge in [-0.05, 0) is 43.5 Å². The Kier molecular flexibility index (Phi) is 4.62. The maximum absolute atomic E-state index is 13.1. The summed E-state index contributed by atoms with van der Waals surface area (Å²) < 4.78 is 26.0. The highest BCUT2D eigenvalue weighted by Crippen LogP contribution is 2.39. The van der Waals surface area contributed by atoms with Crippen molar-refractivity contribution in [2.75, 3.05) is 6.54 Å². The van der Waals surface area contributed by atoms with Gasteiger partial charge in [-0.25, -0.2) is 8.78 Å². The van der Waals surface area contributed by atoms with Crippen molar-refractivity contribution < 1.29 is 8.78 Å². The van der Waals surface area contributed by atoms with Crippen LogP contribution in [0.25, 0.3) is 0 Å². The van der Waals surface area contributed by atoms with Gasteiger partial charge < -0.3 is 5.32 Å². The summed E-state index contributed by atoms with van der Waals surface area (Å²) in [6, 6.07) is 4.72. The van der Waals surface area contributed by atoms with Gasteiger partial charge in [0.15, 0.2) is 11.6 Å². The van der Waals surface area contributed by atoms with Gasteiger partial charge in [0.25, 0.3) is 0 Å². The number of nitrogens with one attached hydrogen (secondary N) is 1. The van der Waals surface area contributed by atoms with Crippen molar-refractivity contribution in [2.45, 2.75) is 42.9 Å². The zero-order valence-corrected chi connectivity index (χ0v) is 11.6. The molecule has 18 heavy (non-hydrogen) atoms. The van der Waals surface area contributed by atoms with E-state index in [9.17, 15) is 8.78 Å². The largest absolute Gasteiger partial charge is 0.314 e. The summed E-state index contributed by atoms with van der Waals surface area (Å²) in [7, 11) is 0. The van der Waals surface area contributed by atoms with E-state index in [1.54, 1.807) is 17.8 Å². The molecule has 0 spiro atoms. The Morgan fingerprint density at radius 3 is 2.72 bits per heavy atom. The van der Waals surface area contributed by atoms with Crippen LogP contribution in [0.2, 0.25) is 0 Å². The Bertz CT molecular complexity index is 411. The highest BCUT2D eigenvalue weighted by atomic mass is 32.2. The highest BCUT2D eigenvalue weighted by Gasteiger charge is 2.32. The van der Waals surface area contributed by atoms with Crippen molar-refractivity contribution in [1.82, 2.24) is 5.32 Å². The fourth-order valence-corrected chi connectivity index (χ4v) is 3.90. The summed E-state index contributed by atoms with van der Waals surface area (Å²) in [5.74, 6) is -0.971. The summed E-state index contributed by atoms with van der Waals surface area (Å²) in [6.07, 6.45) is 2.29. The standard InChI is InChI=1S/C14H19F2NS/c1-3-17-13-6-7-14(9(13)2)18-10-4-5-11(15)12(16)8-10/h4-5,8-9,13-14,17H,3,6-7H2,1-2H3. The molecule has 1 aromatic carbocycles. The van der Waals surface area contributed by atoms with Crippen LogP contribution in [0.1, 0.15) is 26.7 Å². The maximum Gasteiger partial charge on any atom is 0.159 e. The molecular weight excluding hydrogens is 252 g/mol. The molecule has 0 amide bonds. The van der Waals surface area contributed by atoms with E-state index in [0.29, 0.717) is 17.2 Å². The van der Waals surface area contributed by atoms with Crippen molar-refractivity contribution in [3.05, 3.63) is 29.8 Å². The fraction of sp³-hybridized carbons (Fsp3) is 0.571. The van der Waals surface area contributed by atoms with Crippen LogP contribution in [0.3, 0.4) is 0 Å². The zero-order valence-electron chi connectivity index (χ0n) is 10.7. The van der Waals surface area contributed by atoms with E-state index in [2.05, 4.69) is 19.2 Å². The Labute approximate surface area is 111 Å². The van der Waals surface area contributed by atoms with Crippen molar-refractivity contribution in [1.29, 1.82) is 0 Å². The average molecular weight is 271 g/mol. The number of halogens is 2. The van der Waals surface area contributed by atoms with Gasteiger partial charge >= 0.3 is 0 Å². The third-order valence-electron chi connectivity index (χ3n) is 3.63. The summed E-state index contributed by atoms with van der Waals surface area (Å²) >= 11 is 1.67. The van der Waals surface area contributed by atoms with E-state index in [1.165, 1.54) is 12.1 Å². The fourth-order valence-electron chi connectivity index (χ4n) is 2.57. The van der Waals surface area contributed by atoms with E-state index < -0.39 is 11.6 Å². The first-order valence-corrected chi connectivity index (χ1v) is 7.35. The van der Waals surface area contributed by atoms with Crippen molar-refractivity contribution in [2.24, 2.45) is 5.92 Å². The highest BCUT2D eigenvalue weighted by molar-refractivity contribution is 8.00. The lowest BCUT2D eigenvalue weighted by Crippen LogP contribution is -2.32. The van der Waals surface area contributed by atoms with Gasteiger partial charge in [0, 0.05) is 16.2 Å².